The highest BCUT2D eigenvalue weighted by atomic mass is 15.0. The highest BCUT2D eigenvalue weighted by Gasteiger charge is 2.21. The SMILES string of the molecule is c1ccc(-c2ccc(-n3c4ccccc4c4c(-c5cccc6c5c5ncccc5n6-c5ccccc5)cccc43)cc2)cc1. The van der Waals surface area contributed by atoms with Gasteiger partial charge in [-0.2, -0.15) is 0 Å². The Balaban J connectivity index is 1.32. The van der Waals surface area contributed by atoms with Crippen LogP contribution in [0.15, 0.2) is 164 Å². The standard InChI is InChI=1S/C41H27N3/c1-3-12-28(13-4-1)29-23-25-31(26-24-29)43-35-19-8-7-16-34(35)39-32(17-9-20-36(39)43)33-18-10-21-37-40(33)41-38(22-11-27-42-41)44(37)30-14-5-2-6-15-30/h1-27H. The number of benzene rings is 6. The number of hydrogen-bond donors (Lipinski definition) is 0. The maximum atomic E-state index is 4.94. The molecule has 0 radical (unpaired) electrons. The van der Waals surface area contributed by atoms with Gasteiger partial charge in [-0.05, 0) is 76.9 Å². The second-order valence-corrected chi connectivity index (χ2v) is 11.2. The molecule has 44 heavy (non-hydrogen) atoms. The van der Waals surface area contributed by atoms with Gasteiger partial charge in [0.2, 0.25) is 0 Å². The van der Waals surface area contributed by atoms with E-state index >= 15 is 0 Å². The van der Waals surface area contributed by atoms with E-state index in [-0.39, 0.29) is 0 Å². The van der Waals surface area contributed by atoms with Crippen molar-refractivity contribution in [1.82, 2.24) is 14.1 Å². The molecule has 206 valence electrons. The van der Waals surface area contributed by atoms with Gasteiger partial charge in [0.25, 0.3) is 0 Å². The van der Waals surface area contributed by atoms with E-state index < -0.39 is 0 Å². The first kappa shape index (κ1) is 24.6. The number of aromatic nitrogens is 3. The van der Waals surface area contributed by atoms with E-state index in [4.69, 9.17) is 4.98 Å². The number of fused-ring (bicyclic) bond motifs is 6. The van der Waals surface area contributed by atoms with Gasteiger partial charge in [0.15, 0.2) is 0 Å². The second-order valence-electron chi connectivity index (χ2n) is 11.2. The number of pyridine rings is 1. The predicted molar refractivity (Wildman–Crippen MR) is 184 cm³/mol. The molecule has 0 unspecified atom stereocenters. The van der Waals surface area contributed by atoms with Gasteiger partial charge in [-0.15, -0.1) is 0 Å². The van der Waals surface area contributed by atoms with Crippen LogP contribution in [0.2, 0.25) is 0 Å². The first-order valence-electron chi connectivity index (χ1n) is 15.0. The van der Waals surface area contributed by atoms with Gasteiger partial charge in [-0.1, -0.05) is 103 Å². The van der Waals surface area contributed by atoms with E-state index in [1.165, 1.54) is 49.4 Å². The Hall–Kier alpha value is -5.93. The molecule has 3 heteroatoms. The first-order valence-corrected chi connectivity index (χ1v) is 15.0. The lowest BCUT2D eigenvalue weighted by Crippen LogP contribution is -1.94. The molecular formula is C41H27N3. The Morgan fingerprint density at radius 2 is 0.909 bits per heavy atom. The summed E-state index contributed by atoms with van der Waals surface area (Å²) in [7, 11) is 0. The lowest BCUT2D eigenvalue weighted by atomic mass is 9.96. The van der Waals surface area contributed by atoms with E-state index in [0.29, 0.717) is 0 Å². The summed E-state index contributed by atoms with van der Waals surface area (Å²) >= 11 is 0. The highest BCUT2D eigenvalue weighted by Crippen LogP contribution is 2.43. The van der Waals surface area contributed by atoms with E-state index in [1.807, 2.05) is 12.3 Å². The minimum absolute atomic E-state index is 1.01. The van der Waals surface area contributed by atoms with E-state index in [1.54, 1.807) is 0 Å². The van der Waals surface area contributed by atoms with Crippen LogP contribution in [-0.4, -0.2) is 14.1 Å². The van der Waals surface area contributed by atoms with Gasteiger partial charge < -0.3 is 9.13 Å². The monoisotopic (exact) mass is 561 g/mol. The van der Waals surface area contributed by atoms with Crippen LogP contribution >= 0.6 is 0 Å². The minimum atomic E-state index is 1.01. The molecule has 9 rings (SSSR count). The van der Waals surface area contributed by atoms with Crippen LogP contribution < -0.4 is 0 Å². The Labute approximate surface area is 254 Å². The second kappa shape index (κ2) is 9.82. The van der Waals surface area contributed by atoms with Crippen LogP contribution in [0.3, 0.4) is 0 Å². The molecular weight excluding hydrogens is 534 g/mol. The van der Waals surface area contributed by atoms with Crippen molar-refractivity contribution in [2.45, 2.75) is 0 Å². The maximum absolute atomic E-state index is 4.94. The summed E-state index contributed by atoms with van der Waals surface area (Å²) in [6.07, 6.45) is 1.90. The fourth-order valence-corrected chi connectivity index (χ4v) is 6.91. The lowest BCUT2D eigenvalue weighted by Gasteiger charge is -2.11. The topological polar surface area (TPSA) is 22.8 Å². The van der Waals surface area contributed by atoms with Crippen LogP contribution in [0.25, 0.3) is 77.4 Å². The van der Waals surface area contributed by atoms with Gasteiger partial charge in [-0.3, -0.25) is 4.98 Å². The average Bonchev–Trinajstić information content (AvgIpc) is 3.62. The quantitative estimate of drug-likeness (QED) is 0.210. The highest BCUT2D eigenvalue weighted by molar-refractivity contribution is 6.21. The third-order valence-corrected chi connectivity index (χ3v) is 8.78. The third kappa shape index (κ3) is 3.66. The fraction of sp³-hybridized carbons (Fsp3) is 0. The summed E-state index contributed by atoms with van der Waals surface area (Å²) in [6.45, 7) is 0. The van der Waals surface area contributed by atoms with Gasteiger partial charge >= 0.3 is 0 Å². The molecule has 0 aliphatic heterocycles. The maximum Gasteiger partial charge on any atom is 0.0969 e. The van der Waals surface area contributed by atoms with E-state index in [9.17, 15) is 0 Å². The molecule has 0 aliphatic rings. The van der Waals surface area contributed by atoms with Crippen LogP contribution in [0, 0.1) is 0 Å². The number of para-hydroxylation sites is 2. The Morgan fingerprint density at radius 3 is 1.68 bits per heavy atom. The predicted octanol–water partition coefficient (Wildman–Crippen LogP) is 10.6. The summed E-state index contributed by atoms with van der Waals surface area (Å²) in [6, 6.07) is 56.3. The van der Waals surface area contributed by atoms with Crippen molar-refractivity contribution in [2.75, 3.05) is 0 Å². The molecule has 0 fully saturated rings. The van der Waals surface area contributed by atoms with Crippen molar-refractivity contribution in [1.29, 1.82) is 0 Å². The molecule has 0 bridgehead atoms. The summed E-state index contributed by atoms with van der Waals surface area (Å²) in [5.41, 5.74) is 12.8. The van der Waals surface area contributed by atoms with E-state index in [0.717, 1.165) is 27.9 Å². The van der Waals surface area contributed by atoms with E-state index in [2.05, 4.69) is 161 Å². The molecule has 0 atom stereocenters. The van der Waals surface area contributed by atoms with Gasteiger partial charge in [0.1, 0.15) is 0 Å². The van der Waals surface area contributed by atoms with Crippen LogP contribution in [0.4, 0.5) is 0 Å². The van der Waals surface area contributed by atoms with Crippen molar-refractivity contribution in [3.8, 4) is 33.6 Å². The van der Waals surface area contributed by atoms with Gasteiger partial charge in [0, 0.05) is 33.7 Å². The third-order valence-electron chi connectivity index (χ3n) is 8.78. The minimum Gasteiger partial charge on any atom is -0.309 e. The molecule has 0 spiro atoms. The molecule has 0 N–H and O–H groups in total. The van der Waals surface area contributed by atoms with Crippen molar-refractivity contribution in [3.63, 3.8) is 0 Å². The summed E-state index contributed by atoms with van der Waals surface area (Å²) in [4.78, 5) is 4.94. The zero-order valence-corrected chi connectivity index (χ0v) is 23.9. The largest absolute Gasteiger partial charge is 0.309 e. The zero-order valence-electron chi connectivity index (χ0n) is 23.9. The number of hydrogen-bond acceptors (Lipinski definition) is 1. The molecule has 0 saturated carbocycles. The van der Waals surface area contributed by atoms with Crippen LogP contribution in [0.1, 0.15) is 0 Å². The normalized spacial score (nSPS) is 11.6. The molecule has 0 saturated heterocycles. The molecule has 0 amide bonds. The first-order chi connectivity index (χ1) is 21.9. The fourth-order valence-electron chi connectivity index (χ4n) is 6.91. The number of nitrogens with zero attached hydrogens (tertiary/aromatic N) is 3. The van der Waals surface area contributed by atoms with Crippen molar-refractivity contribution >= 4 is 43.7 Å². The summed E-state index contributed by atoms with van der Waals surface area (Å²) in [5.74, 6) is 0. The van der Waals surface area contributed by atoms with Crippen LogP contribution in [0.5, 0.6) is 0 Å². The Morgan fingerprint density at radius 1 is 0.364 bits per heavy atom. The summed E-state index contributed by atoms with van der Waals surface area (Å²) in [5, 5.41) is 3.66. The molecule has 6 aromatic carbocycles. The Bertz CT molecular complexity index is 2470. The molecule has 9 aromatic rings. The molecule has 3 nitrogen and oxygen atoms in total. The Kier molecular flexibility index (Phi) is 5.50. The molecule has 3 heterocycles. The van der Waals surface area contributed by atoms with Gasteiger partial charge in [0.05, 0.1) is 27.6 Å². The van der Waals surface area contributed by atoms with Gasteiger partial charge in [-0.25, -0.2) is 0 Å². The van der Waals surface area contributed by atoms with Crippen molar-refractivity contribution in [2.24, 2.45) is 0 Å². The number of rotatable bonds is 4. The van der Waals surface area contributed by atoms with Crippen LogP contribution in [-0.2, 0) is 0 Å². The van der Waals surface area contributed by atoms with Crippen molar-refractivity contribution in [3.05, 3.63) is 164 Å². The molecule has 0 aliphatic carbocycles. The summed E-state index contributed by atoms with van der Waals surface area (Å²) < 4.78 is 4.73. The zero-order chi connectivity index (χ0) is 29.0. The average molecular weight is 562 g/mol. The molecule has 3 aromatic heterocycles. The van der Waals surface area contributed by atoms with Crippen molar-refractivity contribution < 1.29 is 0 Å². The smallest absolute Gasteiger partial charge is 0.0969 e. The lowest BCUT2D eigenvalue weighted by molar-refractivity contribution is 1.18.